The largest absolute Gasteiger partial charge is 0.489 e. The number of aromatic nitrogens is 1. The Hall–Kier alpha value is -4.92. The van der Waals surface area contributed by atoms with Crippen molar-refractivity contribution < 1.29 is 14.1 Å². The molecule has 8 heteroatoms. The second-order valence-electron chi connectivity index (χ2n) is 9.02. The second kappa shape index (κ2) is 9.85. The predicted octanol–water partition coefficient (Wildman–Crippen LogP) is 4.56. The minimum Gasteiger partial charge on any atom is -0.489 e. The summed E-state index contributed by atoms with van der Waals surface area (Å²) in [6, 6.07) is 20.8. The van der Waals surface area contributed by atoms with E-state index in [1.165, 1.54) is 0 Å². The zero-order valence-electron chi connectivity index (χ0n) is 20.5. The molecule has 1 amide bonds. The third-order valence-corrected chi connectivity index (χ3v) is 6.46. The molecule has 0 saturated heterocycles. The van der Waals surface area contributed by atoms with Crippen LogP contribution in [0.1, 0.15) is 16.8 Å². The summed E-state index contributed by atoms with van der Waals surface area (Å²) in [5, 5.41) is 2.98. The number of nitrogens with zero attached hydrogens (tertiary/aromatic N) is 4. The molecule has 0 saturated carbocycles. The Morgan fingerprint density at radius 1 is 1.05 bits per heavy atom. The highest BCUT2D eigenvalue weighted by atomic mass is 16.5. The Morgan fingerprint density at radius 2 is 1.92 bits per heavy atom. The molecule has 2 aliphatic heterocycles. The Bertz CT molecular complexity index is 1600. The number of rotatable bonds is 8. The van der Waals surface area contributed by atoms with Gasteiger partial charge in [-0.3, -0.25) is 14.8 Å². The average molecular weight is 502 g/mol. The Balaban J connectivity index is 1.19. The van der Waals surface area contributed by atoms with Crippen molar-refractivity contribution in [3.05, 3.63) is 137 Å². The number of allylic oxidation sites excluding steroid dienone is 4. The van der Waals surface area contributed by atoms with Gasteiger partial charge in [0, 0.05) is 28.7 Å². The summed E-state index contributed by atoms with van der Waals surface area (Å²) in [7, 11) is 0. The quantitative estimate of drug-likeness (QED) is 0.349. The van der Waals surface area contributed by atoms with E-state index in [2.05, 4.69) is 15.3 Å². The molecule has 3 heterocycles. The van der Waals surface area contributed by atoms with Gasteiger partial charge in [-0.1, -0.05) is 48.6 Å². The minimum absolute atomic E-state index is 0.0569. The molecular weight excluding hydrogens is 476 g/mol. The Kier molecular flexibility index (Phi) is 6.09. The van der Waals surface area contributed by atoms with Crippen LogP contribution in [0.3, 0.4) is 0 Å². The molecule has 0 fully saturated rings. The molecule has 0 radical (unpaired) electrons. The molecule has 1 atom stereocenters. The zero-order valence-corrected chi connectivity index (χ0v) is 20.5. The molecule has 2 aromatic carbocycles. The van der Waals surface area contributed by atoms with Crippen molar-refractivity contribution in [1.29, 1.82) is 0 Å². The number of anilines is 1. The smallest absolute Gasteiger partial charge is 0.265 e. The first-order chi connectivity index (χ1) is 18.6. The standard InChI is InChI=1S/C30H24N6O2/c31-36-16-15-32-19-27(36)29(21-8-5-9-21)35-30(36)22-10-6-12-25(17-22)38-20-23-7-1-2-13-26(23)34-28(37)18-24-11-3-4-14-33-24/h1-17,19H,18,20,31H2/p+1. The molecule has 1 aliphatic carbocycles. The molecule has 0 bridgehead atoms. The van der Waals surface area contributed by atoms with Crippen molar-refractivity contribution in [2.45, 2.75) is 13.0 Å². The molecule has 6 rings (SSSR count). The molecule has 186 valence electrons. The highest BCUT2D eigenvalue weighted by Gasteiger charge is 2.44. The van der Waals surface area contributed by atoms with E-state index in [9.17, 15) is 4.79 Å². The average Bonchev–Trinajstić information content (AvgIpc) is 3.20. The van der Waals surface area contributed by atoms with E-state index in [0.717, 1.165) is 28.1 Å². The van der Waals surface area contributed by atoms with Gasteiger partial charge in [0.1, 0.15) is 24.3 Å². The maximum Gasteiger partial charge on any atom is 0.265 e. The van der Waals surface area contributed by atoms with Gasteiger partial charge in [-0.05, 0) is 36.4 Å². The lowest BCUT2D eigenvalue weighted by Gasteiger charge is -2.26. The third-order valence-electron chi connectivity index (χ3n) is 6.46. The number of nitrogens with two attached hydrogens (primary N) is 1. The molecule has 38 heavy (non-hydrogen) atoms. The number of aliphatic imine (C=N–C) groups is 2. The number of carbonyl (C=O) groups excluding carboxylic acids is 1. The molecular formula is C30H25N6O2+. The molecule has 3 aromatic rings. The Labute approximate surface area is 220 Å². The maximum atomic E-state index is 12.6. The molecule has 1 unspecified atom stereocenters. The number of amides is 1. The number of amidine groups is 1. The van der Waals surface area contributed by atoms with Gasteiger partial charge in [-0.2, -0.15) is 10.8 Å². The maximum absolute atomic E-state index is 12.6. The van der Waals surface area contributed by atoms with Crippen molar-refractivity contribution in [1.82, 2.24) is 4.98 Å². The summed E-state index contributed by atoms with van der Waals surface area (Å²) in [4.78, 5) is 26.0. The SMILES string of the molecule is N[N+]12C=CN=CC1=C(C1=CC=C1)N=C2c1cccc(OCc2ccccc2NC(=O)Cc2ccccn2)c1. The number of carbonyl (C=O) groups is 1. The van der Waals surface area contributed by atoms with Crippen LogP contribution in [0.2, 0.25) is 0 Å². The molecule has 3 N–H and O–H groups in total. The number of hydrogen-bond donors (Lipinski definition) is 2. The van der Waals surface area contributed by atoms with Gasteiger partial charge in [-0.25, -0.2) is 0 Å². The van der Waals surface area contributed by atoms with Crippen molar-refractivity contribution in [2.75, 3.05) is 5.32 Å². The van der Waals surface area contributed by atoms with Gasteiger partial charge in [0.2, 0.25) is 11.6 Å². The molecule has 8 nitrogen and oxygen atoms in total. The van der Waals surface area contributed by atoms with E-state index < -0.39 is 0 Å². The van der Waals surface area contributed by atoms with Crippen LogP contribution in [0.15, 0.2) is 131 Å². The normalized spacial score (nSPS) is 19.0. The Morgan fingerprint density at radius 3 is 2.74 bits per heavy atom. The van der Waals surface area contributed by atoms with Gasteiger partial charge >= 0.3 is 0 Å². The van der Waals surface area contributed by atoms with Crippen LogP contribution in [-0.4, -0.2) is 27.5 Å². The summed E-state index contributed by atoms with van der Waals surface area (Å²) >= 11 is 0. The van der Waals surface area contributed by atoms with E-state index in [0.29, 0.717) is 23.0 Å². The van der Waals surface area contributed by atoms with Crippen molar-refractivity contribution in [2.24, 2.45) is 15.8 Å². The van der Waals surface area contributed by atoms with E-state index in [1.54, 1.807) is 18.6 Å². The summed E-state index contributed by atoms with van der Waals surface area (Å²) < 4.78 is 6.10. The molecule has 3 aliphatic rings. The lowest BCUT2D eigenvalue weighted by molar-refractivity contribution is -0.750. The van der Waals surface area contributed by atoms with E-state index in [4.69, 9.17) is 15.6 Å². The number of ether oxygens (including phenoxy) is 1. The summed E-state index contributed by atoms with van der Waals surface area (Å²) in [5.41, 5.74) is 5.79. The van der Waals surface area contributed by atoms with Gasteiger partial charge in [-0.15, -0.1) is 4.59 Å². The topological polar surface area (TPSA) is 102 Å². The number of pyridine rings is 1. The van der Waals surface area contributed by atoms with Crippen LogP contribution in [0.5, 0.6) is 5.75 Å². The number of nitrogens with one attached hydrogen (secondary N) is 1. The monoisotopic (exact) mass is 501 g/mol. The fraction of sp³-hybridized carbons (Fsp3) is 0.0667. The zero-order chi connectivity index (χ0) is 26.0. The highest BCUT2D eigenvalue weighted by molar-refractivity contribution is 6.01. The van der Waals surface area contributed by atoms with E-state index in [1.807, 2.05) is 91.2 Å². The number of quaternary nitrogens is 1. The van der Waals surface area contributed by atoms with Gasteiger partial charge in [0.05, 0.1) is 24.4 Å². The van der Waals surface area contributed by atoms with Gasteiger partial charge in [0.25, 0.3) is 5.84 Å². The first kappa shape index (κ1) is 23.5. The van der Waals surface area contributed by atoms with Crippen molar-refractivity contribution in [3.63, 3.8) is 0 Å². The number of hydrogen-bond acceptors (Lipinski definition) is 6. The second-order valence-corrected chi connectivity index (χ2v) is 9.02. The lowest BCUT2D eigenvalue weighted by Crippen LogP contribution is -2.53. The fourth-order valence-corrected chi connectivity index (χ4v) is 4.46. The first-order valence-electron chi connectivity index (χ1n) is 12.2. The van der Waals surface area contributed by atoms with Crippen molar-refractivity contribution in [3.8, 4) is 5.75 Å². The van der Waals surface area contributed by atoms with Crippen LogP contribution in [-0.2, 0) is 17.8 Å². The van der Waals surface area contributed by atoms with Crippen LogP contribution < -0.4 is 15.9 Å². The number of benzene rings is 2. The van der Waals surface area contributed by atoms with E-state index >= 15 is 0 Å². The summed E-state index contributed by atoms with van der Waals surface area (Å²) in [6.07, 6.45) is 13.1. The van der Waals surface area contributed by atoms with Crippen molar-refractivity contribution >= 4 is 23.6 Å². The third kappa shape index (κ3) is 4.50. The fourth-order valence-electron chi connectivity index (χ4n) is 4.46. The summed E-state index contributed by atoms with van der Waals surface area (Å²) in [5.74, 6) is 8.03. The molecule has 1 aromatic heterocycles. The number of para-hydroxylation sites is 1. The first-order valence-corrected chi connectivity index (χ1v) is 12.2. The van der Waals surface area contributed by atoms with Crippen LogP contribution in [0, 0.1) is 0 Å². The lowest BCUT2D eigenvalue weighted by atomic mass is 10.0. The minimum atomic E-state index is -0.136. The van der Waals surface area contributed by atoms with Crippen LogP contribution in [0.4, 0.5) is 5.69 Å². The predicted molar refractivity (Wildman–Crippen MR) is 147 cm³/mol. The van der Waals surface area contributed by atoms with Crippen LogP contribution in [0.25, 0.3) is 0 Å². The van der Waals surface area contributed by atoms with Gasteiger partial charge in [0.15, 0.2) is 0 Å². The summed E-state index contributed by atoms with van der Waals surface area (Å²) in [6.45, 7) is 0.275. The van der Waals surface area contributed by atoms with Crippen LogP contribution >= 0.6 is 0 Å². The van der Waals surface area contributed by atoms with Gasteiger partial charge < -0.3 is 10.1 Å². The van der Waals surface area contributed by atoms with E-state index in [-0.39, 0.29) is 23.5 Å². The number of fused-ring (bicyclic) bond motifs is 1. The molecule has 0 spiro atoms. The highest BCUT2D eigenvalue weighted by Crippen LogP contribution is 2.36.